The average molecular weight is 239 g/mol. The van der Waals surface area contributed by atoms with Gasteiger partial charge in [0.25, 0.3) is 6.43 Å². The second-order valence-electron chi connectivity index (χ2n) is 3.07. The Bertz CT molecular complexity index is 368. The second-order valence-corrected chi connectivity index (χ2v) is 3.48. The van der Waals surface area contributed by atoms with Crippen LogP contribution in [0.15, 0.2) is 6.20 Å². The summed E-state index contributed by atoms with van der Waals surface area (Å²) in [7, 11) is 0. The van der Waals surface area contributed by atoms with Crippen LogP contribution in [0.25, 0.3) is 0 Å². The average Bonchev–Trinajstić information content (AvgIpc) is 2.45. The van der Waals surface area contributed by atoms with Crippen LogP contribution in [-0.2, 0) is 4.79 Å². The molecule has 1 heterocycles. The zero-order valence-electron chi connectivity index (χ0n) is 7.82. The number of aromatic nitrogens is 2. The highest BCUT2D eigenvalue weighted by atomic mass is 35.5. The highest BCUT2D eigenvalue weighted by Crippen LogP contribution is 2.29. The van der Waals surface area contributed by atoms with Crippen molar-refractivity contribution in [3.05, 3.63) is 16.9 Å². The lowest BCUT2D eigenvalue weighted by atomic mass is 10.2. The van der Waals surface area contributed by atoms with E-state index < -0.39 is 24.1 Å². The molecule has 15 heavy (non-hydrogen) atoms. The molecule has 4 nitrogen and oxygen atoms in total. The first kappa shape index (κ1) is 11.9. The topological polar surface area (TPSA) is 55.1 Å². The molecule has 1 aromatic rings. The van der Waals surface area contributed by atoms with Gasteiger partial charge in [0.05, 0.1) is 23.7 Å². The number of carbonyl (C=O) groups is 1. The summed E-state index contributed by atoms with van der Waals surface area (Å²) in [4.78, 5) is 10.4. The first-order chi connectivity index (χ1) is 6.93. The Kier molecular flexibility index (Phi) is 3.62. The Morgan fingerprint density at radius 3 is 2.80 bits per heavy atom. The van der Waals surface area contributed by atoms with Gasteiger partial charge in [-0.3, -0.25) is 9.48 Å². The molecule has 0 saturated heterocycles. The van der Waals surface area contributed by atoms with Crippen molar-refractivity contribution in [1.82, 2.24) is 9.78 Å². The third-order valence-corrected chi connectivity index (χ3v) is 2.17. The smallest absolute Gasteiger partial charge is 0.305 e. The molecule has 0 spiro atoms. The SMILES string of the molecule is C[C@@H](CC(=O)O)n1ncc(Cl)c1C(F)F. The van der Waals surface area contributed by atoms with Gasteiger partial charge in [-0.25, -0.2) is 8.78 Å². The van der Waals surface area contributed by atoms with Crippen LogP contribution in [0.5, 0.6) is 0 Å². The number of alkyl halides is 2. The van der Waals surface area contributed by atoms with E-state index in [-0.39, 0.29) is 11.4 Å². The number of carboxylic acid groups (broad SMARTS) is 1. The molecule has 0 radical (unpaired) electrons. The second kappa shape index (κ2) is 4.57. The quantitative estimate of drug-likeness (QED) is 0.877. The fourth-order valence-electron chi connectivity index (χ4n) is 1.25. The molecule has 7 heteroatoms. The van der Waals surface area contributed by atoms with E-state index in [0.29, 0.717) is 0 Å². The standard InChI is InChI=1S/C8H9ClF2N2O2/c1-4(2-6(14)15)13-7(8(10)11)5(9)3-12-13/h3-4,8H,2H2,1H3,(H,14,15)/t4-/m0/s1. The van der Waals surface area contributed by atoms with E-state index in [9.17, 15) is 13.6 Å². The fourth-order valence-corrected chi connectivity index (χ4v) is 1.46. The van der Waals surface area contributed by atoms with Crippen molar-refractivity contribution in [2.24, 2.45) is 0 Å². The molecule has 84 valence electrons. The molecule has 0 aliphatic carbocycles. The van der Waals surface area contributed by atoms with Crippen LogP contribution in [0.1, 0.15) is 31.5 Å². The Labute approximate surface area is 89.5 Å². The van der Waals surface area contributed by atoms with E-state index in [1.54, 1.807) is 0 Å². The number of halogens is 3. The minimum absolute atomic E-state index is 0.151. The monoisotopic (exact) mass is 238 g/mol. The minimum atomic E-state index is -2.77. The summed E-state index contributed by atoms with van der Waals surface area (Å²) in [6.07, 6.45) is -1.96. The molecule has 0 bridgehead atoms. The summed E-state index contributed by atoms with van der Waals surface area (Å²) < 4.78 is 26.0. The largest absolute Gasteiger partial charge is 0.481 e. The number of rotatable bonds is 4. The summed E-state index contributed by atoms with van der Waals surface area (Å²) >= 11 is 5.51. The molecular formula is C8H9ClF2N2O2. The minimum Gasteiger partial charge on any atom is -0.481 e. The van der Waals surface area contributed by atoms with Gasteiger partial charge in [-0.05, 0) is 6.92 Å². The van der Waals surface area contributed by atoms with Gasteiger partial charge in [-0.15, -0.1) is 0 Å². The lowest BCUT2D eigenvalue weighted by molar-refractivity contribution is -0.137. The van der Waals surface area contributed by atoms with E-state index >= 15 is 0 Å². The third-order valence-electron chi connectivity index (χ3n) is 1.88. The predicted octanol–water partition coefficient (Wildman–Crippen LogP) is 2.51. The maximum absolute atomic E-state index is 12.5. The van der Waals surface area contributed by atoms with Gasteiger partial charge < -0.3 is 5.11 Å². The number of aliphatic carboxylic acids is 1. The molecule has 0 fully saturated rings. The van der Waals surface area contributed by atoms with Crippen molar-refractivity contribution < 1.29 is 18.7 Å². The van der Waals surface area contributed by atoms with Crippen LogP contribution in [0.2, 0.25) is 5.02 Å². The molecule has 0 unspecified atom stereocenters. The van der Waals surface area contributed by atoms with Crippen molar-refractivity contribution in [2.75, 3.05) is 0 Å². The summed E-state index contributed by atoms with van der Waals surface area (Å²) in [6.45, 7) is 1.49. The molecule has 1 atom stereocenters. The predicted molar refractivity (Wildman–Crippen MR) is 49.2 cm³/mol. The van der Waals surface area contributed by atoms with Crippen LogP contribution >= 0.6 is 11.6 Å². The fraction of sp³-hybridized carbons (Fsp3) is 0.500. The van der Waals surface area contributed by atoms with Gasteiger partial charge in [0.2, 0.25) is 0 Å². The maximum atomic E-state index is 12.5. The zero-order chi connectivity index (χ0) is 11.6. The lowest BCUT2D eigenvalue weighted by Crippen LogP contribution is -2.14. The number of hydrogen-bond donors (Lipinski definition) is 1. The number of carboxylic acids is 1. The summed E-state index contributed by atoms with van der Waals surface area (Å²) in [5, 5.41) is 12.0. The Hall–Kier alpha value is -1.17. The van der Waals surface area contributed by atoms with E-state index in [1.165, 1.54) is 6.92 Å². The number of hydrogen-bond acceptors (Lipinski definition) is 2. The van der Waals surface area contributed by atoms with E-state index in [2.05, 4.69) is 5.10 Å². The zero-order valence-corrected chi connectivity index (χ0v) is 8.58. The highest BCUT2D eigenvalue weighted by Gasteiger charge is 2.23. The highest BCUT2D eigenvalue weighted by molar-refractivity contribution is 6.31. The van der Waals surface area contributed by atoms with Gasteiger partial charge in [0, 0.05) is 0 Å². The summed E-state index contributed by atoms with van der Waals surface area (Å²) in [6, 6.07) is -0.654. The van der Waals surface area contributed by atoms with Crippen LogP contribution in [0.4, 0.5) is 8.78 Å². The van der Waals surface area contributed by atoms with Gasteiger partial charge in [0.1, 0.15) is 5.69 Å². The Morgan fingerprint density at radius 2 is 2.33 bits per heavy atom. The van der Waals surface area contributed by atoms with E-state index in [4.69, 9.17) is 16.7 Å². The van der Waals surface area contributed by atoms with Gasteiger partial charge in [0.15, 0.2) is 0 Å². The lowest BCUT2D eigenvalue weighted by Gasteiger charge is -2.13. The van der Waals surface area contributed by atoms with E-state index in [0.717, 1.165) is 10.9 Å². The van der Waals surface area contributed by atoms with Crippen LogP contribution in [0.3, 0.4) is 0 Å². The van der Waals surface area contributed by atoms with Crippen molar-refractivity contribution >= 4 is 17.6 Å². The molecule has 1 N–H and O–H groups in total. The normalized spacial score (nSPS) is 13.1. The molecule has 0 aliphatic heterocycles. The third kappa shape index (κ3) is 2.65. The van der Waals surface area contributed by atoms with E-state index in [1.807, 2.05) is 0 Å². The van der Waals surface area contributed by atoms with Crippen molar-refractivity contribution in [2.45, 2.75) is 25.8 Å². The Balaban J connectivity index is 2.98. The van der Waals surface area contributed by atoms with Gasteiger partial charge in [-0.1, -0.05) is 11.6 Å². The molecule has 0 saturated carbocycles. The molecule has 0 amide bonds. The van der Waals surface area contributed by atoms with Gasteiger partial charge >= 0.3 is 5.97 Å². The number of nitrogens with zero attached hydrogens (tertiary/aromatic N) is 2. The van der Waals surface area contributed by atoms with Gasteiger partial charge in [-0.2, -0.15) is 5.10 Å². The van der Waals surface area contributed by atoms with Crippen LogP contribution in [-0.4, -0.2) is 20.9 Å². The first-order valence-electron chi connectivity index (χ1n) is 4.16. The van der Waals surface area contributed by atoms with Crippen molar-refractivity contribution in [3.8, 4) is 0 Å². The molecule has 0 aliphatic rings. The molecule has 0 aromatic carbocycles. The van der Waals surface area contributed by atoms with Crippen LogP contribution < -0.4 is 0 Å². The van der Waals surface area contributed by atoms with Crippen LogP contribution in [0, 0.1) is 0 Å². The van der Waals surface area contributed by atoms with Crippen molar-refractivity contribution in [3.63, 3.8) is 0 Å². The molecular weight excluding hydrogens is 230 g/mol. The van der Waals surface area contributed by atoms with Crippen molar-refractivity contribution in [1.29, 1.82) is 0 Å². The summed E-state index contributed by atoms with van der Waals surface area (Å²) in [5.74, 6) is -1.07. The molecule has 1 rings (SSSR count). The summed E-state index contributed by atoms with van der Waals surface area (Å²) in [5.41, 5.74) is -0.439. The maximum Gasteiger partial charge on any atom is 0.305 e. The molecule has 1 aromatic heterocycles. The first-order valence-corrected chi connectivity index (χ1v) is 4.54. The Morgan fingerprint density at radius 1 is 1.73 bits per heavy atom.